The van der Waals surface area contributed by atoms with Crippen molar-refractivity contribution in [2.45, 2.75) is 19.9 Å². The summed E-state index contributed by atoms with van der Waals surface area (Å²) in [6.07, 6.45) is 2.94. The van der Waals surface area contributed by atoms with Crippen LogP contribution in [-0.4, -0.2) is 43.5 Å². The first kappa shape index (κ1) is 20.9. The van der Waals surface area contributed by atoms with Crippen molar-refractivity contribution in [1.82, 2.24) is 24.5 Å². The molecule has 32 heavy (non-hydrogen) atoms. The lowest BCUT2D eigenvalue weighted by Crippen LogP contribution is -2.24. The van der Waals surface area contributed by atoms with Gasteiger partial charge in [0.2, 0.25) is 5.91 Å². The van der Waals surface area contributed by atoms with Crippen LogP contribution in [0.3, 0.4) is 0 Å². The summed E-state index contributed by atoms with van der Waals surface area (Å²) in [7, 11) is 1.26. The van der Waals surface area contributed by atoms with E-state index in [0.29, 0.717) is 22.3 Å². The fraction of sp³-hybridized carbons (Fsp3) is 0.182. The number of aromatic nitrogens is 5. The van der Waals surface area contributed by atoms with Crippen molar-refractivity contribution in [3.63, 3.8) is 0 Å². The van der Waals surface area contributed by atoms with Gasteiger partial charge in [-0.1, -0.05) is 29.5 Å². The van der Waals surface area contributed by atoms with Gasteiger partial charge in [-0.25, -0.2) is 14.5 Å². The molecule has 162 valence electrons. The second kappa shape index (κ2) is 8.80. The lowest BCUT2D eigenvalue weighted by atomic mass is 10.1. The van der Waals surface area contributed by atoms with Crippen molar-refractivity contribution >= 4 is 28.5 Å². The van der Waals surface area contributed by atoms with Gasteiger partial charge in [0.15, 0.2) is 5.69 Å². The maximum Gasteiger partial charge on any atom is 0.360 e. The molecule has 1 N–H and O–H groups in total. The third-order valence-electron chi connectivity index (χ3n) is 4.95. The highest BCUT2D eigenvalue weighted by Gasteiger charge is 2.15. The molecule has 0 saturated carbocycles. The Labute approximate surface area is 182 Å². The maximum absolute atomic E-state index is 12.7. The second-order valence-electron chi connectivity index (χ2n) is 7.07. The summed E-state index contributed by atoms with van der Waals surface area (Å²) in [6, 6.07) is 12.4. The molecule has 0 aliphatic carbocycles. The molecule has 2 heterocycles. The Morgan fingerprint density at radius 3 is 2.75 bits per heavy atom. The minimum Gasteiger partial charge on any atom is -0.464 e. The van der Waals surface area contributed by atoms with E-state index in [1.54, 1.807) is 30.3 Å². The van der Waals surface area contributed by atoms with Crippen molar-refractivity contribution in [3.05, 3.63) is 76.6 Å². The predicted molar refractivity (Wildman–Crippen MR) is 117 cm³/mol. The van der Waals surface area contributed by atoms with Crippen LogP contribution < -0.4 is 10.9 Å². The van der Waals surface area contributed by atoms with Crippen LogP contribution in [0.25, 0.3) is 16.6 Å². The van der Waals surface area contributed by atoms with Crippen LogP contribution in [0.1, 0.15) is 22.5 Å². The summed E-state index contributed by atoms with van der Waals surface area (Å²) in [4.78, 5) is 41.3. The van der Waals surface area contributed by atoms with Crippen molar-refractivity contribution in [2.24, 2.45) is 0 Å². The van der Waals surface area contributed by atoms with Crippen molar-refractivity contribution in [3.8, 4) is 5.69 Å². The highest BCUT2D eigenvalue weighted by Crippen LogP contribution is 2.20. The molecule has 2 aromatic carbocycles. The zero-order valence-electron chi connectivity index (χ0n) is 17.5. The highest BCUT2D eigenvalue weighted by molar-refractivity contribution is 5.93. The lowest BCUT2D eigenvalue weighted by Gasteiger charge is -2.11. The van der Waals surface area contributed by atoms with Gasteiger partial charge in [-0.3, -0.25) is 14.2 Å². The number of nitrogens with one attached hydrogen (secondary N) is 1. The van der Waals surface area contributed by atoms with Crippen LogP contribution in [0, 0.1) is 6.92 Å². The summed E-state index contributed by atoms with van der Waals surface area (Å²) in [5, 5.41) is 11.0. The van der Waals surface area contributed by atoms with E-state index >= 15 is 0 Å². The third-order valence-corrected chi connectivity index (χ3v) is 4.95. The van der Waals surface area contributed by atoms with Gasteiger partial charge in [-0.15, -0.1) is 5.10 Å². The number of amides is 1. The Balaban J connectivity index is 1.49. The first-order valence-electron chi connectivity index (χ1n) is 9.82. The largest absolute Gasteiger partial charge is 0.464 e. The number of benzene rings is 2. The van der Waals surface area contributed by atoms with Gasteiger partial charge >= 0.3 is 5.97 Å². The number of aryl methyl sites for hydroxylation is 2. The molecular weight excluding hydrogens is 412 g/mol. The van der Waals surface area contributed by atoms with Crippen LogP contribution in [0.2, 0.25) is 0 Å². The number of hydrogen-bond acceptors (Lipinski definition) is 7. The zero-order chi connectivity index (χ0) is 22.7. The summed E-state index contributed by atoms with van der Waals surface area (Å²) < 4.78 is 7.44. The molecule has 4 rings (SSSR count). The molecule has 0 radical (unpaired) electrons. The molecule has 0 atom stereocenters. The Morgan fingerprint density at radius 2 is 1.94 bits per heavy atom. The van der Waals surface area contributed by atoms with E-state index in [0.717, 1.165) is 5.56 Å². The van der Waals surface area contributed by atoms with Gasteiger partial charge in [0.05, 0.1) is 41.9 Å². The average Bonchev–Trinajstić information content (AvgIpc) is 3.29. The normalized spacial score (nSPS) is 10.8. The number of rotatable bonds is 6. The fourth-order valence-electron chi connectivity index (χ4n) is 3.29. The van der Waals surface area contributed by atoms with E-state index in [2.05, 4.69) is 25.3 Å². The number of anilines is 1. The second-order valence-corrected chi connectivity index (χ2v) is 7.07. The van der Waals surface area contributed by atoms with E-state index in [1.807, 2.05) is 19.1 Å². The molecule has 10 nitrogen and oxygen atoms in total. The third kappa shape index (κ3) is 4.10. The van der Waals surface area contributed by atoms with Crippen LogP contribution in [0.15, 0.2) is 59.8 Å². The standard InChI is InChI=1S/C22H20N6O4/c1-14-6-5-7-15-20(14)23-13-27(21(15)30)11-10-19(29)24-16-8-3-4-9-18(16)28-12-17(25-26-28)22(31)32-2/h3-9,12-13H,10-11H2,1-2H3,(H,24,29). The van der Waals surface area contributed by atoms with E-state index in [9.17, 15) is 14.4 Å². The Bertz CT molecular complexity index is 1370. The number of nitrogens with zero attached hydrogens (tertiary/aromatic N) is 5. The van der Waals surface area contributed by atoms with Crippen LogP contribution in [-0.2, 0) is 16.1 Å². The van der Waals surface area contributed by atoms with Gasteiger partial charge < -0.3 is 10.1 Å². The summed E-state index contributed by atoms with van der Waals surface area (Å²) >= 11 is 0. The van der Waals surface area contributed by atoms with E-state index < -0.39 is 5.97 Å². The lowest BCUT2D eigenvalue weighted by molar-refractivity contribution is -0.116. The van der Waals surface area contributed by atoms with E-state index in [1.165, 1.54) is 28.9 Å². The summed E-state index contributed by atoms with van der Waals surface area (Å²) in [6.45, 7) is 2.08. The topological polar surface area (TPSA) is 121 Å². The molecule has 10 heteroatoms. The molecule has 0 fully saturated rings. The first-order valence-corrected chi connectivity index (χ1v) is 9.82. The number of methoxy groups -OCH3 is 1. The SMILES string of the molecule is COC(=O)c1cn(-c2ccccc2NC(=O)CCn2cnc3c(C)cccc3c2=O)nn1. The molecule has 1 amide bonds. The monoisotopic (exact) mass is 432 g/mol. The molecular formula is C22H20N6O4. The number of para-hydroxylation sites is 3. The quantitative estimate of drug-likeness (QED) is 0.463. The van der Waals surface area contributed by atoms with Gasteiger partial charge in [0.25, 0.3) is 5.56 Å². The minimum absolute atomic E-state index is 0.0482. The Kier molecular flexibility index (Phi) is 5.75. The number of carbonyl (C=O) groups excluding carboxylic acids is 2. The number of hydrogen-bond donors (Lipinski definition) is 1. The van der Waals surface area contributed by atoms with Crippen LogP contribution >= 0.6 is 0 Å². The van der Waals surface area contributed by atoms with Crippen LogP contribution in [0.4, 0.5) is 5.69 Å². The van der Waals surface area contributed by atoms with Gasteiger partial charge in [0.1, 0.15) is 0 Å². The first-order chi connectivity index (χ1) is 15.5. The maximum atomic E-state index is 12.7. The molecule has 0 unspecified atom stereocenters. The van der Waals surface area contributed by atoms with E-state index in [-0.39, 0.29) is 30.1 Å². The molecule has 2 aromatic heterocycles. The summed E-state index contributed by atoms with van der Waals surface area (Å²) in [5.74, 6) is -0.899. The molecule has 0 saturated heterocycles. The molecule has 0 bridgehead atoms. The van der Waals surface area contributed by atoms with E-state index in [4.69, 9.17) is 0 Å². The van der Waals surface area contributed by atoms with Gasteiger partial charge in [-0.2, -0.15) is 0 Å². The van der Waals surface area contributed by atoms with Gasteiger partial charge in [0, 0.05) is 13.0 Å². The minimum atomic E-state index is -0.609. The highest BCUT2D eigenvalue weighted by atomic mass is 16.5. The fourth-order valence-corrected chi connectivity index (χ4v) is 3.29. The number of esters is 1. The Hall–Kier alpha value is -4.34. The van der Waals surface area contributed by atoms with Crippen LogP contribution in [0.5, 0.6) is 0 Å². The number of carbonyl (C=O) groups is 2. The Morgan fingerprint density at radius 1 is 1.12 bits per heavy atom. The number of ether oxygens (including phenoxy) is 1. The smallest absolute Gasteiger partial charge is 0.360 e. The van der Waals surface area contributed by atoms with Gasteiger partial charge in [-0.05, 0) is 30.7 Å². The molecule has 0 aliphatic rings. The van der Waals surface area contributed by atoms with Crippen molar-refractivity contribution in [2.75, 3.05) is 12.4 Å². The average molecular weight is 432 g/mol. The molecule has 4 aromatic rings. The number of fused-ring (bicyclic) bond motifs is 1. The zero-order valence-corrected chi connectivity index (χ0v) is 17.5. The predicted octanol–water partition coefficient (Wildman–Crippen LogP) is 2.10. The molecule has 0 aliphatic heterocycles. The van der Waals surface area contributed by atoms with Crippen molar-refractivity contribution < 1.29 is 14.3 Å². The summed E-state index contributed by atoms with van der Waals surface area (Å²) in [5.41, 5.74) is 2.45. The molecule has 0 spiro atoms. The van der Waals surface area contributed by atoms with Crippen molar-refractivity contribution in [1.29, 1.82) is 0 Å².